The summed E-state index contributed by atoms with van der Waals surface area (Å²) >= 11 is 0. The number of hydrogen-bond acceptors (Lipinski definition) is 4. The smallest absolute Gasteiger partial charge is 0.265 e. The Morgan fingerprint density at radius 3 is 2.06 bits per heavy atom. The van der Waals surface area contributed by atoms with Gasteiger partial charge in [0.2, 0.25) is 5.91 Å². The van der Waals surface area contributed by atoms with E-state index in [9.17, 15) is 14.4 Å². The molecule has 3 amide bonds. The number of para-hydroxylation sites is 1. The second-order valence-corrected chi connectivity index (χ2v) is 7.17. The van der Waals surface area contributed by atoms with E-state index in [1.54, 1.807) is 55.5 Å². The number of carbonyl (C=O) groups is 3. The second kappa shape index (κ2) is 10.8. The van der Waals surface area contributed by atoms with Gasteiger partial charge in [-0.05, 0) is 48.9 Å². The van der Waals surface area contributed by atoms with E-state index in [1.807, 2.05) is 30.3 Å². The zero-order valence-corrected chi connectivity index (χ0v) is 17.9. The summed E-state index contributed by atoms with van der Waals surface area (Å²) < 4.78 is 5.80. The van der Waals surface area contributed by atoms with E-state index in [0.29, 0.717) is 29.2 Å². The van der Waals surface area contributed by atoms with Gasteiger partial charge in [-0.1, -0.05) is 42.5 Å². The van der Waals surface area contributed by atoms with Gasteiger partial charge in [-0.2, -0.15) is 0 Å². The van der Waals surface area contributed by atoms with Gasteiger partial charge in [0, 0.05) is 24.8 Å². The van der Waals surface area contributed by atoms with Crippen molar-refractivity contribution in [3.8, 4) is 5.75 Å². The van der Waals surface area contributed by atoms with Crippen LogP contribution in [0.3, 0.4) is 0 Å². The molecule has 3 N–H and O–H groups in total. The number of rotatable bonds is 8. The van der Waals surface area contributed by atoms with E-state index in [2.05, 4.69) is 16.0 Å². The highest BCUT2D eigenvalue weighted by atomic mass is 16.5. The Morgan fingerprint density at radius 1 is 0.812 bits per heavy atom. The summed E-state index contributed by atoms with van der Waals surface area (Å²) in [6, 6.07) is 23.1. The van der Waals surface area contributed by atoms with Crippen LogP contribution >= 0.6 is 0 Å². The predicted molar refractivity (Wildman–Crippen MR) is 124 cm³/mol. The average molecular weight is 431 g/mol. The highest BCUT2D eigenvalue weighted by Crippen LogP contribution is 2.20. The van der Waals surface area contributed by atoms with E-state index in [4.69, 9.17) is 4.74 Å². The van der Waals surface area contributed by atoms with Gasteiger partial charge < -0.3 is 20.7 Å². The molecule has 0 aliphatic rings. The second-order valence-electron chi connectivity index (χ2n) is 7.17. The summed E-state index contributed by atoms with van der Waals surface area (Å²) in [7, 11) is 0. The molecule has 0 aromatic heterocycles. The van der Waals surface area contributed by atoms with Crippen LogP contribution in [0.1, 0.15) is 29.8 Å². The first-order valence-corrected chi connectivity index (χ1v) is 10.2. The van der Waals surface area contributed by atoms with Crippen molar-refractivity contribution < 1.29 is 19.1 Å². The van der Waals surface area contributed by atoms with Gasteiger partial charge in [0.25, 0.3) is 11.8 Å². The quantitative estimate of drug-likeness (QED) is 0.503. The lowest BCUT2D eigenvalue weighted by atomic mass is 10.1. The Labute approximate surface area is 186 Å². The van der Waals surface area contributed by atoms with Crippen LogP contribution in [0.4, 0.5) is 11.4 Å². The van der Waals surface area contributed by atoms with Gasteiger partial charge in [0.15, 0.2) is 6.10 Å². The minimum absolute atomic E-state index is 0.171. The molecule has 32 heavy (non-hydrogen) atoms. The largest absolute Gasteiger partial charge is 0.480 e. The fraction of sp³-hybridized carbons (Fsp3) is 0.160. The summed E-state index contributed by atoms with van der Waals surface area (Å²) in [5.74, 6) is -0.501. The maximum absolute atomic E-state index is 12.7. The molecular weight excluding hydrogens is 406 g/mol. The van der Waals surface area contributed by atoms with Crippen LogP contribution in [0.2, 0.25) is 0 Å². The van der Waals surface area contributed by atoms with Crippen LogP contribution in [0.5, 0.6) is 5.75 Å². The molecule has 0 spiro atoms. The molecule has 7 heteroatoms. The first-order valence-electron chi connectivity index (χ1n) is 10.2. The Hall–Kier alpha value is -4.13. The van der Waals surface area contributed by atoms with Gasteiger partial charge in [-0.3, -0.25) is 14.4 Å². The third-order valence-corrected chi connectivity index (χ3v) is 4.57. The molecule has 0 saturated carbocycles. The average Bonchev–Trinajstić information content (AvgIpc) is 2.79. The molecule has 0 unspecified atom stereocenters. The summed E-state index contributed by atoms with van der Waals surface area (Å²) in [6.45, 7) is 3.42. The zero-order chi connectivity index (χ0) is 22.9. The minimum atomic E-state index is -0.840. The molecule has 0 aliphatic heterocycles. The molecule has 0 heterocycles. The highest BCUT2D eigenvalue weighted by Gasteiger charge is 2.19. The maximum Gasteiger partial charge on any atom is 0.265 e. The highest BCUT2D eigenvalue weighted by molar-refractivity contribution is 5.98. The first-order chi connectivity index (χ1) is 15.4. The Morgan fingerprint density at radius 2 is 1.41 bits per heavy atom. The summed E-state index contributed by atoms with van der Waals surface area (Å²) in [5, 5.41) is 8.29. The van der Waals surface area contributed by atoms with Crippen molar-refractivity contribution in [2.75, 3.05) is 10.6 Å². The van der Waals surface area contributed by atoms with E-state index < -0.39 is 6.10 Å². The van der Waals surface area contributed by atoms with E-state index >= 15 is 0 Å². The van der Waals surface area contributed by atoms with Gasteiger partial charge >= 0.3 is 0 Å². The zero-order valence-electron chi connectivity index (χ0n) is 17.9. The molecule has 0 radical (unpaired) electrons. The summed E-state index contributed by atoms with van der Waals surface area (Å²) in [6.07, 6.45) is -0.840. The number of carbonyl (C=O) groups excluding carboxylic acids is 3. The molecule has 0 aliphatic carbocycles. The van der Waals surface area contributed by atoms with Crippen molar-refractivity contribution in [3.05, 3.63) is 90.0 Å². The van der Waals surface area contributed by atoms with Gasteiger partial charge in [-0.25, -0.2) is 0 Å². The number of hydrogen-bond donors (Lipinski definition) is 3. The number of benzene rings is 3. The van der Waals surface area contributed by atoms with Crippen molar-refractivity contribution in [3.63, 3.8) is 0 Å². The van der Waals surface area contributed by atoms with Gasteiger partial charge in [0.1, 0.15) is 5.75 Å². The lowest BCUT2D eigenvalue weighted by Crippen LogP contribution is -2.31. The summed E-state index contributed by atoms with van der Waals surface area (Å²) in [4.78, 5) is 36.3. The number of anilines is 2. The standard InChI is InChI=1S/C25H25N3O4/c1-17(24(30)28-21-14-12-20(13-15-21)27-18(2)29)32-23-11-7-6-10-22(23)25(31)26-16-19-8-4-3-5-9-19/h3-15,17H,16H2,1-2H3,(H,26,31)(H,27,29)(H,28,30)/t17-/m0/s1. The number of ether oxygens (including phenoxy) is 1. The third-order valence-electron chi connectivity index (χ3n) is 4.57. The normalized spacial score (nSPS) is 11.2. The van der Waals surface area contributed by atoms with E-state index in [1.165, 1.54) is 6.92 Å². The van der Waals surface area contributed by atoms with Crippen LogP contribution in [0.15, 0.2) is 78.9 Å². The molecule has 1 atom stereocenters. The molecule has 3 aromatic carbocycles. The van der Waals surface area contributed by atoms with Gasteiger partial charge in [-0.15, -0.1) is 0 Å². The number of nitrogens with one attached hydrogen (secondary N) is 3. The lowest BCUT2D eigenvalue weighted by molar-refractivity contribution is -0.122. The third kappa shape index (κ3) is 6.43. The fourth-order valence-corrected chi connectivity index (χ4v) is 2.96. The van der Waals surface area contributed by atoms with Crippen LogP contribution in [0.25, 0.3) is 0 Å². The fourth-order valence-electron chi connectivity index (χ4n) is 2.96. The first kappa shape index (κ1) is 22.6. The Balaban J connectivity index is 1.60. The minimum Gasteiger partial charge on any atom is -0.480 e. The SMILES string of the molecule is CC(=O)Nc1ccc(NC(=O)[C@H](C)Oc2ccccc2C(=O)NCc2ccccc2)cc1. The maximum atomic E-state index is 12.7. The molecular formula is C25H25N3O4. The van der Waals surface area contributed by atoms with E-state index in [0.717, 1.165) is 5.56 Å². The molecule has 7 nitrogen and oxygen atoms in total. The predicted octanol–water partition coefficient (Wildman–Crippen LogP) is 3.98. The lowest BCUT2D eigenvalue weighted by Gasteiger charge is -2.17. The van der Waals surface area contributed by atoms with Crippen molar-refractivity contribution in [1.29, 1.82) is 0 Å². The number of amides is 3. The topological polar surface area (TPSA) is 96.5 Å². The Kier molecular flexibility index (Phi) is 7.59. The van der Waals surface area contributed by atoms with Crippen LogP contribution in [-0.4, -0.2) is 23.8 Å². The summed E-state index contributed by atoms with van der Waals surface area (Å²) in [5.41, 5.74) is 2.53. The van der Waals surface area contributed by atoms with Crippen molar-refractivity contribution >= 4 is 29.1 Å². The molecule has 3 rings (SSSR count). The monoisotopic (exact) mass is 431 g/mol. The van der Waals surface area contributed by atoms with Crippen LogP contribution in [0, 0.1) is 0 Å². The Bertz CT molecular complexity index is 1080. The van der Waals surface area contributed by atoms with Crippen molar-refractivity contribution in [2.24, 2.45) is 0 Å². The molecule has 0 saturated heterocycles. The molecule has 0 bridgehead atoms. The van der Waals surface area contributed by atoms with Crippen LogP contribution in [-0.2, 0) is 16.1 Å². The van der Waals surface area contributed by atoms with Crippen molar-refractivity contribution in [1.82, 2.24) is 5.32 Å². The molecule has 0 fully saturated rings. The van der Waals surface area contributed by atoms with Gasteiger partial charge in [0.05, 0.1) is 5.56 Å². The molecule has 164 valence electrons. The van der Waals surface area contributed by atoms with Crippen molar-refractivity contribution in [2.45, 2.75) is 26.5 Å². The van der Waals surface area contributed by atoms with E-state index in [-0.39, 0.29) is 17.7 Å². The molecule has 3 aromatic rings. The van der Waals surface area contributed by atoms with Crippen LogP contribution < -0.4 is 20.7 Å².